The third-order valence-corrected chi connectivity index (χ3v) is 5.33. The molecule has 2 unspecified atom stereocenters. The maximum Gasteiger partial charge on any atom is 0.256 e. The van der Waals surface area contributed by atoms with Gasteiger partial charge in [0.25, 0.3) is 5.91 Å². The maximum atomic E-state index is 13.2. The van der Waals surface area contributed by atoms with Crippen LogP contribution in [0, 0.1) is 6.92 Å². The van der Waals surface area contributed by atoms with E-state index in [4.69, 9.17) is 4.74 Å². The fourth-order valence-electron chi connectivity index (χ4n) is 4.04. The van der Waals surface area contributed by atoms with E-state index in [9.17, 15) is 4.79 Å². The molecule has 2 saturated heterocycles. The zero-order valence-corrected chi connectivity index (χ0v) is 14.2. The van der Waals surface area contributed by atoms with Gasteiger partial charge in [-0.25, -0.2) is 0 Å². The van der Waals surface area contributed by atoms with Gasteiger partial charge in [0, 0.05) is 30.1 Å². The first-order valence-electron chi connectivity index (χ1n) is 8.66. The summed E-state index contributed by atoms with van der Waals surface area (Å²) in [5.74, 6) is 0.916. The predicted octanol–water partition coefficient (Wildman–Crippen LogP) is 2.52. The number of pyridine rings is 1. The first-order chi connectivity index (χ1) is 11.7. The van der Waals surface area contributed by atoms with Crippen molar-refractivity contribution in [2.75, 3.05) is 20.2 Å². The average molecular weight is 325 g/mol. The fraction of sp³-hybridized carbons (Fsp3) is 0.474. The quantitative estimate of drug-likeness (QED) is 0.922. The highest BCUT2D eigenvalue weighted by molar-refractivity contribution is 5.99. The number of benzene rings is 1. The molecule has 2 aromatic rings. The Morgan fingerprint density at radius 3 is 2.92 bits per heavy atom. The molecule has 4 rings (SSSR count). The number of methoxy groups -OCH3 is 1. The van der Waals surface area contributed by atoms with Crippen molar-refractivity contribution in [1.29, 1.82) is 0 Å². The third kappa shape index (κ3) is 2.53. The third-order valence-electron chi connectivity index (χ3n) is 5.33. The molecule has 1 aromatic heterocycles. The van der Waals surface area contributed by atoms with Crippen LogP contribution in [0.25, 0.3) is 10.9 Å². The normalized spacial score (nSPS) is 23.3. The zero-order chi connectivity index (χ0) is 16.7. The van der Waals surface area contributed by atoms with Crippen molar-refractivity contribution >= 4 is 16.8 Å². The number of hydrogen-bond donors (Lipinski definition) is 1. The Morgan fingerprint density at radius 2 is 2.08 bits per heavy atom. The lowest BCUT2D eigenvalue weighted by molar-refractivity contribution is 0.0679. The lowest BCUT2D eigenvalue weighted by atomic mass is 10.1. The lowest BCUT2D eigenvalue weighted by Crippen LogP contribution is -2.42. The molecule has 2 atom stereocenters. The predicted molar refractivity (Wildman–Crippen MR) is 93.5 cm³/mol. The molecular weight excluding hydrogens is 302 g/mol. The number of aromatic nitrogens is 1. The second-order valence-electron chi connectivity index (χ2n) is 6.77. The molecule has 2 aliphatic rings. The molecule has 1 aromatic carbocycles. The molecule has 2 aliphatic heterocycles. The van der Waals surface area contributed by atoms with Gasteiger partial charge in [0.05, 0.1) is 23.9 Å². The molecule has 5 nitrogen and oxygen atoms in total. The SMILES string of the molecule is COc1ccc2cc(C(=O)N3C4CCNCC3CC4)c(C)nc2c1. The summed E-state index contributed by atoms with van der Waals surface area (Å²) in [6.07, 6.45) is 3.26. The molecule has 24 heavy (non-hydrogen) atoms. The van der Waals surface area contributed by atoms with E-state index in [-0.39, 0.29) is 5.91 Å². The first kappa shape index (κ1) is 15.4. The number of hydrogen-bond acceptors (Lipinski definition) is 4. The molecule has 3 heterocycles. The van der Waals surface area contributed by atoms with Crippen molar-refractivity contribution in [2.24, 2.45) is 0 Å². The Hall–Kier alpha value is -2.14. The number of nitrogens with one attached hydrogen (secondary N) is 1. The summed E-state index contributed by atoms with van der Waals surface area (Å²) < 4.78 is 5.26. The second-order valence-corrected chi connectivity index (χ2v) is 6.77. The number of carbonyl (C=O) groups excluding carboxylic acids is 1. The number of aryl methyl sites for hydroxylation is 1. The van der Waals surface area contributed by atoms with Crippen LogP contribution in [0.1, 0.15) is 35.3 Å². The van der Waals surface area contributed by atoms with Gasteiger partial charge in [-0.15, -0.1) is 0 Å². The van der Waals surface area contributed by atoms with E-state index < -0.39 is 0 Å². The molecular formula is C19H23N3O2. The van der Waals surface area contributed by atoms with E-state index in [2.05, 4.69) is 15.2 Å². The van der Waals surface area contributed by atoms with Gasteiger partial charge in [-0.1, -0.05) is 0 Å². The monoisotopic (exact) mass is 325 g/mol. The van der Waals surface area contributed by atoms with E-state index in [0.717, 1.165) is 60.3 Å². The molecule has 0 saturated carbocycles. The van der Waals surface area contributed by atoms with Crippen LogP contribution in [0.4, 0.5) is 0 Å². The summed E-state index contributed by atoms with van der Waals surface area (Å²) in [6.45, 7) is 3.82. The van der Waals surface area contributed by atoms with Crippen LogP contribution in [0.2, 0.25) is 0 Å². The summed E-state index contributed by atoms with van der Waals surface area (Å²) in [5.41, 5.74) is 2.38. The smallest absolute Gasteiger partial charge is 0.256 e. The van der Waals surface area contributed by atoms with Gasteiger partial charge in [-0.2, -0.15) is 0 Å². The lowest BCUT2D eigenvalue weighted by Gasteiger charge is -2.28. The van der Waals surface area contributed by atoms with Gasteiger partial charge in [0.15, 0.2) is 0 Å². The van der Waals surface area contributed by atoms with Gasteiger partial charge in [-0.3, -0.25) is 9.78 Å². The van der Waals surface area contributed by atoms with Gasteiger partial charge in [0.1, 0.15) is 5.75 Å². The van der Waals surface area contributed by atoms with E-state index in [1.165, 1.54) is 0 Å². The van der Waals surface area contributed by atoms with Crippen molar-refractivity contribution in [3.63, 3.8) is 0 Å². The average Bonchev–Trinajstić information content (AvgIpc) is 2.85. The maximum absolute atomic E-state index is 13.2. The fourth-order valence-corrected chi connectivity index (χ4v) is 4.04. The van der Waals surface area contributed by atoms with Crippen LogP contribution >= 0.6 is 0 Å². The van der Waals surface area contributed by atoms with Crippen molar-refractivity contribution in [3.8, 4) is 5.75 Å². The standard InChI is InChI=1S/C19H23N3O2/c1-12-17(9-13-3-6-16(24-2)10-18(13)21-12)19(23)22-14-4-5-15(22)11-20-8-7-14/h3,6,9-10,14-15,20H,4-5,7-8,11H2,1-2H3. The Kier molecular flexibility index (Phi) is 3.88. The molecule has 5 heteroatoms. The summed E-state index contributed by atoms with van der Waals surface area (Å²) >= 11 is 0. The van der Waals surface area contributed by atoms with Gasteiger partial charge < -0.3 is 15.0 Å². The highest BCUT2D eigenvalue weighted by Crippen LogP contribution is 2.31. The van der Waals surface area contributed by atoms with Gasteiger partial charge >= 0.3 is 0 Å². The van der Waals surface area contributed by atoms with Crippen LogP contribution in [0.5, 0.6) is 5.75 Å². The first-order valence-corrected chi connectivity index (χ1v) is 8.66. The Balaban J connectivity index is 1.72. The Bertz CT molecular complexity index is 776. The molecule has 2 bridgehead atoms. The van der Waals surface area contributed by atoms with Crippen LogP contribution in [-0.4, -0.2) is 48.1 Å². The molecule has 1 N–H and O–H groups in total. The largest absolute Gasteiger partial charge is 0.497 e. The number of fused-ring (bicyclic) bond motifs is 3. The van der Waals surface area contributed by atoms with Crippen LogP contribution in [0.15, 0.2) is 24.3 Å². The van der Waals surface area contributed by atoms with Crippen LogP contribution in [-0.2, 0) is 0 Å². The minimum Gasteiger partial charge on any atom is -0.497 e. The van der Waals surface area contributed by atoms with E-state index in [1.54, 1.807) is 7.11 Å². The van der Waals surface area contributed by atoms with Crippen LogP contribution in [0.3, 0.4) is 0 Å². The van der Waals surface area contributed by atoms with Gasteiger partial charge in [0.2, 0.25) is 0 Å². The Morgan fingerprint density at radius 1 is 1.25 bits per heavy atom. The summed E-state index contributed by atoms with van der Waals surface area (Å²) in [7, 11) is 1.65. The molecule has 0 aliphatic carbocycles. The number of amides is 1. The summed E-state index contributed by atoms with van der Waals surface area (Å²) in [5, 5.41) is 4.43. The number of rotatable bonds is 2. The molecule has 0 spiro atoms. The number of nitrogens with zero attached hydrogens (tertiary/aromatic N) is 2. The molecule has 1 amide bonds. The minimum absolute atomic E-state index is 0.133. The van der Waals surface area contributed by atoms with E-state index >= 15 is 0 Å². The highest BCUT2D eigenvalue weighted by atomic mass is 16.5. The van der Waals surface area contributed by atoms with Gasteiger partial charge in [-0.05, 0) is 50.9 Å². The zero-order valence-electron chi connectivity index (χ0n) is 14.2. The molecule has 126 valence electrons. The summed E-state index contributed by atoms with van der Waals surface area (Å²) in [4.78, 5) is 20.0. The Labute approximate surface area is 142 Å². The minimum atomic E-state index is 0.133. The van der Waals surface area contributed by atoms with Crippen molar-refractivity contribution < 1.29 is 9.53 Å². The van der Waals surface area contributed by atoms with Crippen molar-refractivity contribution in [1.82, 2.24) is 15.2 Å². The number of ether oxygens (including phenoxy) is 1. The molecule has 2 fully saturated rings. The number of carbonyl (C=O) groups is 1. The van der Waals surface area contributed by atoms with E-state index in [0.29, 0.717) is 12.1 Å². The van der Waals surface area contributed by atoms with Crippen molar-refractivity contribution in [3.05, 3.63) is 35.5 Å². The van der Waals surface area contributed by atoms with Crippen molar-refractivity contribution in [2.45, 2.75) is 38.3 Å². The van der Waals surface area contributed by atoms with E-state index in [1.807, 2.05) is 31.2 Å². The topological polar surface area (TPSA) is 54.5 Å². The second kappa shape index (κ2) is 6.06. The van der Waals surface area contributed by atoms with Crippen LogP contribution < -0.4 is 10.1 Å². The summed E-state index contributed by atoms with van der Waals surface area (Å²) in [6, 6.07) is 8.45. The molecule has 0 radical (unpaired) electrons. The highest BCUT2D eigenvalue weighted by Gasteiger charge is 2.38.